The van der Waals surface area contributed by atoms with Crippen LogP contribution in [0.25, 0.3) is 0 Å². The first kappa shape index (κ1) is 13.6. The van der Waals surface area contributed by atoms with Gasteiger partial charge in [0.15, 0.2) is 6.29 Å². The maximum atomic E-state index is 11.0. The second-order valence-corrected chi connectivity index (χ2v) is 5.44. The molecule has 0 unspecified atom stereocenters. The van der Waals surface area contributed by atoms with Crippen LogP contribution in [-0.4, -0.2) is 11.4 Å². The maximum absolute atomic E-state index is 11.0. The highest BCUT2D eigenvalue weighted by Gasteiger charge is 2.27. The summed E-state index contributed by atoms with van der Waals surface area (Å²) in [6.07, 6.45) is 0.617. The molecule has 0 aliphatic carbocycles. The minimum atomic E-state index is -0.437. The fourth-order valence-corrected chi connectivity index (χ4v) is 2.42. The van der Waals surface area contributed by atoms with Gasteiger partial charge in [-0.15, -0.1) is 0 Å². The van der Waals surface area contributed by atoms with E-state index in [1.54, 1.807) is 6.07 Å². The molecular weight excluding hydrogens is 260 g/mol. The van der Waals surface area contributed by atoms with Crippen LogP contribution in [0.1, 0.15) is 35.3 Å². The van der Waals surface area contributed by atoms with Gasteiger partial charge in [0.25, 0.3) is 0 Å². The highest BCUT2D eigenvalue weighted by atomic mass is 35.5. The van der Waals surface area contributed by atoms with Crippen molar-refractivity contribution in [3.8, 4) is 5.75 Å². The third-order valence-electron chi connectivity index (χ3n) is 3.40. The standard InChI is InChI=1S/C16H15ClO2/c1-16(2,12-6-4-3-5-7-12)14-9-13(17)8-11(10-18)15(14)19/h3-10,19H,1-2H3. The van der Waals surface area contributed by atoms with Crippen LogP contribution < -0.4 is 0 Å². The van der Waals surface area contributed by atoms with E-state index in [0.717, 1.165) is 5.56 Å². The van der Waals surface area contributed by atoms with Crippen molar-refractivity contribution in [2.45, 2.75) is 19.3 Å². The number of aromatic hydroxyl groups is 1. The molecule has 0 atom stereocenters. The molecule has 0 heterocycles. The molecule has 0 fully saturated rings. The van der Waals surface area contributed by atoms with E-state index in [1.807, 2.05) is 44.2 Å². The van der Waals surface area contributed by atoms with Gasteiger partial charge in [-0.05, 0) is 17.7 Å². The van der Waals surface area contributed by atoms with Crippen LogP contribution in [0.4, 0.5) is 0 Å². The average molecular weight is 275 g/mol. The SMILES string of the molecule is CC(C)(c1ccccc1)c1cc(Cl)cc(C=O)c1O. The zero-order chi connectivity index (χ0) is 14.0. The quantitative estimate of drug-likeness (QED) is 0.853. The number of carbonyl (C=O) groups excluding carboxylic acids is 1. The Bertz CT molecular complexity index is 604. The van der Waals surface area contributed by atoms with Crippen molar-refractivity contribution in [2.24, 2.45) is 0 Å². The van der Waals surface area contributed by atoms with Crippen molar-refractivity contribution in [3.63, 3.8) is 0 Å². The summed E-state index contributed by atoms with van der Waals surface area (Å²) in [6.45, 7) is 3.98. The van der Waals surface area contributed by atoms with E-state index < -0.39 is 5.41 Å². The van der Waals surface area contributed by atoms with Crippen molar-refractivity contribution >= 4 is 17.9 Å². The Morgan fingerprint density at radius 1 is 1.16 bits per heavy atom. The lowest BCUT2D eigenvalue weighted by atomic mass is 9.77. The van der Waals surface area contributed by atoms with Gasteiger partial charge in [-0.2, -0.15) is 0 Å². The second kappa shape index (κ2) is 5.06. The highest BCUT2D eigenvalue weighted by molar-refractivity contribution is 6.31. The highest BCUT2D eigenvalue weighted by Crippen LogP contribution is 2.39. The van der Waals surface area contributed by atoms with E-state index in [2.05, 4.69) is 0 Å². The maximum Gasteiger partial charge on any atom is 0.153 e. The fraction of sp³-hybridized carbons (Fsp3) is 0.188. The molecule has 0 amide bonds. The first-order valence-electron chi connectivity index (χ1n) is 6.00. The summed E-state index contributed by atoms with van der Waals surface area (Å²) in [5.74, 6) is -0.00625. The van der Waals surface area contributed by atoms with Crippen molar-refractivity contribution in [1.82, 2.24) is 0 Å². The Balaban J connectivity index is 2.64. The van der Waals surface area contributed by atoms with E-state index in [-0.39, 0.29) is 11.3 Å². The van der Waals surface area contributed by atoms with Gasteiger partial charge in [0.2, 0.25) is 0 Å². The van der Waals surface area contributed by atoms with Crippen LogP contribution in [0.5, 0.6) is 5.75 Å². The van der Waals surface area contributed by atoms with E-state index in [1.165, 1.54) is 6.07 Å². The zero-order valence-electron chi connectivity index (χ0n) is 10.9. The third-order valence-corrected chi connectivity index (χ3v) is 3.62. The lowest BCUT2D eigenvalue weighted by molar-refractivity contribution is 0.112. The van der Waals surface area contributed by atoms with Crippen LogP contribution in [0.2, 0.25) is 5.02 Å². The smallest absolute Gasteiger partial charge is 0.153 e. The topological polar surface area (TPSA) is 37.3 Å². The Kier molecular flexibility index (Phi) is 3.63. The fourth-order valence-electron chi connectivity index (χ4n) is 2.20. The van der Waals surface area contributed by atoms with Gasteiger partial charge in [-0.25, -0.2) is 0 Å². The number of aldehydes is 1. The Hall–Kier alpha value is -1.80. The molecule has 2 nitrogen and oxygen atoms in total. The number of hydrogen-bond acceptors (Lipinski definition) is 2. The van der Waals surface area contributed by atoms with E-state index in [4.69, 9.17) is 11.6 Å². The molecule has 19 heavy (non-hydrogen) atoms. The van der Waals surface area contributed by atoms with E-state index >= 15 is 0 Å². The molecule has 2 aromatic rings. The largest absolute Gasteiger partial charge is 0.507 e. The minimum absolute atomic E-state index is 0.00625. The summed E-state index contributed by atoms with van der Waals surface area (Å²) in [7, 11) is 0. The Morgan fingerprint density at radius 2 is 1.79 bits per heavy atom. The number of benzene rings is 2. The van der Waals surface area contributed by atoms with Gasteiger partial charge in [0, 0.05) is 16.0 Å². The molecule has 0 aliphatic rings. The summed E-state index contributed by atoms with van der Waals surface area (Å²) < 4.78 is 0. The van der Waals surface area contributed by atoms with Crippen molar-refractivity contribution < 1.29 is 9.90 Å². The molecule has 2 rings (SSSR count). The van der Waals surface area contributed by atoms with Crippen molar-refractivity contribution in [1.29, 1.82) is 0 Å². The third kappa shape index (κ3) is 2.49. The summed E-state index contributed by atoms with van der Waals surface area (Å²) >= 11 is 6.02. The number of phenols is 1. The van der Waals surface area contributed by atoms with Gasteiger partial charge in [0.05, 0.1) is 5.56 Å². The Morgan fingerprint density at radius 3 is 2.37 bits per heavy atom. The summed E-state index contributed by atoms with van der Waals surface area (Å²) in [5, 5.41) is 10.7. The summed E-state index contributed by atoms with van der Waals surface area (Å²) in [4.78, 5) is 11.0. The summed E-state index contributed by atoms with van der Waals surface area (Å²) in [6, 6.07) is 13.0. The molecule has 0 saturated carbocycles. The van der Waals surface area contributed by atoms with Crippen LogP contribution in [0, 0.1) is 0 Å². The predicted molar refractivity (Wildman–Crippen MR) is 77.1 cm³/mol. The molecule has 98 valence electrons. The average Bonchev–Trinajstić information content (AvgIpc) is 2.41. The first-order chi connectivity index (χ1) is 8.96. The monoisotopic (exact) mass is 274 g/mol. The van der Waals surface area contributed by atoms with Gasteiger partial charge >= 0.3 is 0 Å². The molecule has 0 aromatic heterocycles. The molecular formula is C16H15ClO2. The Labute approximate surface area is 117 Å². The molecule has 0 saturated heterocycles. The van der Waals surface area contributed by atoms with Gasteiger partial charge in [-0.1, -0.05) is 55.8 Å². The number of carbonyl (C=O) groups is 1. The number of hydrogen-bond donors (Lipinski definition) is 1. The normalized spacial score (nSPS) is 11.3. The van der Waals surface area contributed by atoms with Gasteiger partial charge in [-0.3, -0.25) is 4.79 Å². The predicted octanol–water partition coefficient (Wildman–Crippen LogP) is 4.18. The molecule has 1 N–H and O–H groups in total. The molecule has 0 radical (unpaired) electrons. The lowest BCUT2D eigenvalue weighted by Crippen LogP contribution is -2.19. The van der Waals surface area contributed by atoms with Gasteiger partial charge in [0.1, 0.15) is 5.75 Å². The van der Waals surface area contributed by atoms with E-state index in [9.17, 15) is 9.90 Å². The molecule has 2 aromatic carbocycles. The molecule has 0 bridgehead atoms. The van der Waals surface area contributed by atoms with Crippen LogP contribution in [0.15, 0.2) is 42.5 Å². The van der Waals surface area contributed by atoms with Gasteiger partial charge < -0.3 is 5.11 Å². The molecule has 3 heteroatoms. The molecule has 0 spiro atoms. The lowest BCUT2D eigenvalue weighted by Gasteiger charge is -2.27. The van der Waals surface area contributed by atoms with Crippen molar-refractivity contribution in [3.05, 3.63) is 64.2 Å². The van der Waals surface area contributed by atoms with E-state index in [0.29, 0.717) is 16.9 Å². The summed E-state index contributed by atoms with van der Waals surface area (Å²) in [5.41, 5.74) is 1.47. The van der Waals surface area contributed by atoms with Crippen molar-refractivity contribution in [2.75, 3.05) is 0 Å². The van der Waals surface area contributed by atoms with Crippen LogP contribution >= 0.6 is 11.6 Å². The number of rotatable bonds is 3. The second-order valence-electron chi connectivity index (χ2n) is 5.00. The number of phenolic OH excluding ortho intramolecular Hbond substituents is 1. The minimum Gasteiger partial charge on any atom is -0.507 e. The van der Waals surface area contributed by atoms with Crippen LogP contribution in [-0.2, 0) is 5.41 Å². The first-order valence-corrected chi connectivity index (χ1v) is 6.38. The van der Waals surface area contributed by atoms with Crippen LogP contribution in [0.3, 0.4) is 0 Å². The molecule has 0 aliphatic heterocycles. The number of halogens is 1. The zero-order valence-corrected chi connectivity index (χ0v) is 11.6.